The van der Waals surface area contributed by atoms with E-state index in [1.165, 1.54) is 29.4 Å². The number of sulfonamides is 1. The van der Waals surface area contributed by atoms with Crippen molar-refractivity contribution >= 4 is 15.7 Å². The second-order valence-corrected chi connectivity index (χ2v) is 6.61. The molecular weight excluding hydrogens is 284 g/mol. The minimum absolute atomic E-state index is 0.0629. The highest BCUT2D eigenvalue weighted by Gasteiger charge is 2.36. The van der Waals surface area contributed by atoms with E-state index >= 15 is 0 Å². The molecule has 1 aliphatic rings. The van der Waals surface area contributed by atoms with Crippen molar-refractivity contribution in [3.63, 3.8) is 0 Å². The van der Waals surface area contributed by atoms with E-state index in [9.17, 15) is 23.6 Å². The summed E-state index contributed by atoms with van der Waals surface area (Å²) in [5.74, 6) is 0. The van der Waals surface area contributed by atoms with Crippen LogP contribution in [-0.4, -0.2) is 41.9 Å². The van der Waals surface area contributed by atoms with Gasteiger partial charge in [-0.05, 0) is 25.8 Å². The lowest BCUT2D eigenvalue weighted by Gasteiger charge is -2.23. The largest absolute Gasteiger partial charge is 0.395 e. The molecule has 1 fully saturated rings. The van der Waals surface area contributed by atoms with Gasteiger partial charge >= 0.3 is 0 Å². The molecule has 0 bridgehead atoms. The number of rotatable bonds is 4. The molecule has 1 aliphatic heterocycles. The number of nitro groups is 1. The van der Waals surface area contributed by atoms with Crippen LogP contribution in [0.15, 0.2) is 23.1 Å². The third kappa shape index (κ3) is 2.41. The zero-order valence-corrected chi connectivity index (χ0v) is 11.8. The van der Waals surface area contributed by atoms with Crippen LogP contribution in [0.2, 0.25) is 0 Å². The highest BCUT2D eigenvalue weighted by atomic mass is 32.2. The Hall–Kier alpha value is -1.51. The maximum atomic E-state index is 12.6. The number of nitrogens with zero attached hydrogens (tertiary/aromatic N) is 2. The maximum Gasteiger partial charge on any atom is 0.273 e. The van der Waals surface area contributed by atoms with Crippen molar-refractivity contribution in [3.05, 3.63) is 33.9 Å². The van der Waals surface area contributed by atoms with Crippen molar-refractivity contribution in [2.24, 2.45) is 0 Å². The van der Waals surface area contributed by atoms with Crippen LogP contribution in [0.3, 0.4) is 0 Å². The Morgan fingerprint density at radius 3 is 2.80 bits per heavy atom. The number of hydrogen-bond acceptors (Lipinski definition) is 5. The molecule has 1 aromatic rings. The molecule has 0 aromatic heterocycles. The van der Waals surface area contributed by atoms with Gasteiger partial charge in [0.1, 0.15) is 0 Å². The molecule has 0 saturated carbocycles. The Kier molecular flexibility index (Phi) is 4.07. The molecule has 0 amide bonds. The first kappa shape index (κ1) is 14.9. The second kappa shape index (κ2) is 5.47. The van der Waals surface area contributed by atoms with Gasteiger partial charge < -0.3 is 5.11 Å². The standard InChI is InChI=1S/C12H16N2O5S/c1-9-11(14(16)17)5-2-6-12(9)20(18,19)13-7-3-4-10(13)8-15/h2,5-6,10,15H,3-4,7-8H2,1H3. The molecule has 1 unspecified atom stereocenters. The molecule has 1 atom stereocenters. The van der Waals surface area contributed by atoms with Crippen molar-refractivity contribution in [2.45, 2.75) is 30.7 Å². The molecule has 110 valence electrons. The lowest BCUT2D eigenvalue weighted by Crippen LogP contribution is -2.37. The molecule has 8 heteroatoms. The van der Waals surface area contributed by atoms with Crippen LogP contribution >= 0.6 is 0 Å². The smallest absolute Gasteiger partial charge is 0.273 e. The van der Waals surface area contributed by atoms with Crippen LogP contribution in [0, 0.1) is 17.0 Å². The molecule has 7 nitrogen and oxygen atoms in total. The Labute approximate surface area is 117 Å². The van der Waals surface area contributed by atoms with E-state index in [0.717, 1.165) is 0 Å². The van der Waals surface area contributed by atoms with Crippen LogP contribution < -0.4 is 0 Å². The second-order valence-electron chi connectivity index (χ2n) is 4.75. The van der Waals surface area contributed by atoms with E-state index in [4.69, 9.17) is 0 Å². The van der Waals surface area contributed by atoms with Crippen LogP contribution in [0.1, 0.15) is 18.4 Å². The molecule has 0 aliphatic carbocycles. The van der Waals surface area contributed by atoms with Crippen molar-refractivity contribution in [2.75, 3.05) is 13.2 Å². The summed E-state index contributed by atoms with van der Waals surface area (Å²) in [6.45, 7) is 1.51. The number of benzene rings is 1. The van der Waals surface area contributed by atoms with Gasteiger partial charge in [0.2, 0.25) is 10.0 Å². The van der Waals surface area contributed by atoms with E-state index in [-0.39, 0.29) is 22.8 Å². The molecule has 1 saturated heterocycles. The van der Waals surface area contributed by atoms with E-state index in [1.54, 1.807) is 0 Å². The van der Waals surface area contributed by atoms with Gasteiger partial charge in [-0.1, -0.05) is 6.07 Å². The summed E-state index contributed by atoms with van der Waals surface area (Å²) in [4.78, 5) is 10.2. The van der Waals surface area contributed by atoms with Gasteiger partial charge in [0.05, 0.1) is 16.4 Å². The van der Waals surface area contributed by atoms with Crippen LogP contribution in [0.5, 0.6) is 0 Å². The van der Waals surface area contributed by atoms with Crippen LogP contribution in [0.25, 0.3) is 0 Å². The summed E-state index contributed by atoms with van der Waals surface area (Å²) < 4.78 is 26.4. The van der Waals surface area contributed by atoms with Crippen molar-refractivity contribution < 1.29 is 18.4 Å². The number of nitro benzene ring substituents is 1. The summed E-state index contributed by atoms with van der Waals surface area (Å²) in [5, 5.41) is 20.1. The molecule has 2 rings (SSSR count). The first-order valence-corrected chi connectivity index (χ1v) is 7.70. The van der Waals surface area contributed by atoms with Gasteiger partial charge in [-0.3, -0.25) is 10.1 Å². The maximum absolute atomic E-state index is 12.6. The number of aliphatic hydroxyl groups is 1. The van der Waals surface area contributed by atoms with Crippen LogP contribution in [0.4, 0.5) is 5.69 Å². The molecule has 0 radical (unpaired) electrons. The van der Waals surface area contributed by atoms with Gasteiger partial charge in [-0.15, -0.1) is 0 Å². The van der Waals surface area contributed by atoms with Gasteiger partial charge in [0.25, 0.3) is 5.69 Å². The van der Waals surface area contributed by atoms with E-state index in [0.29, 0.717) is 19.4 Å². The van der Waals surface area contributed by atoms with Gasteiger partial charge in [0, 0.05) is 24.2 Å². The quantitative estimate of drug-likeness (QED) is 0.661. The minimum atomic E-state index is -3.82. The van der Waals surface area contributed by atoms with Crippen molar-refractivity contribution in [3.8, 4) is 0 Å². The highest BCUT2D eigenvalue weighted by Crippen LogP contribution is 2.31. The van der Waals surface area contributed by atoms with Gasteiger partial charge in [0.15, 0.2) is 0 Å². The third-order valence-electron chi connectivity index (χ3n) is 3.57. The fourth-order valence-corrected chi connectivity index (χ4v) is 4.44. The first-order chi connectivity index (χ1) is 9.39. The zero-order valence-electron chi connectivity index (χ0n) is 11.0. The summed E-state index contributed by atoms with van der Waals surface area (Å²) in [7, 11) is -3.82. The van der Waals surface area contributed by atoms with Gasteiger partial charge in [-0.25, -0.2) is 8.42 Å². The summed E-state index contributed by atoms with van der Waals surface area (Å²) in [6, 6.07) is 3.56. The van der Waals surface area contributed by atoms with E-state index < -0.39 is 21.0 Å². The SMILES string of the molecule is Cc1c([N+](=O)[O-])cccc1S(=O)(=O)N1CCCC1CO. The predicted molar refractivity (Wildman–Crippen MR) is 71.8 cm³/mol. The fourth-order valence-electron chi connectivity index (χ4n) is 2.51. The highest BCUT2D eigenvalue weighted by molar-refractivity contribution is 7.89. The van der Waals surface area contributed by atoms with Crippen molar-refractivity contribution in [1.82, 2.24) is 4.31 Å². The Balaban J connectivity index is 2.50. The van der Waals surface area contributed by atoms with Crippen molar-refractivity contribution in [1.29, 1.82) is 0 Å². The Morgan fingerprint density at radius 1 is 1.50 bits per heavy atom. The van der Waals surface area contributed by atoms with Gasteiger partial charge in [-0.2, -0.15) is 4.31 Å². The number of aliphatic hydroxyl groups excluding tert-OH is 1. The minimum Gasteiger partial charge on any atom is -0.395 e. The van der Waals surface area contributed by atoms with E-state index in [1.807, 2.05) is 0 Å². The molecule has 1 N–H and O–H groups in total. The molecule has 1 aromatic carbocycles. The molecule has 0 spiro atoms. The fraction of sp³-hybridized carbons (Fsp3) is 0.500. The molecular formula is C12H16N2O5S. The third-order valence-corrected chi connectivity index (χ3v) is 5.67. The van der Waals surface area contributed by atoms with Crippen LogP contribution in [-0.2, 0) is 10.0 Å². The monoisotopic (exact) mass is 300 g/mol. The molecule has 1 heterocycles. The lowest BCUT2D eigenvalue weighted by atomic mass is 10.2. The Bertz CT molecular complexity index is 629. The molecule has 20 heavy (non-hydrogen) atoms. The zero-order chi connectivity index (χ0) is 14.9. The summed E-state index contributed by atoms with van der Waals surface area (Å²) in [5.41, 5.74) is -0.0908. The lowest BCUT2D eigenvalue weighted by molar-refractivity contribution is -0.385. The van der Waals surface area contributed by atoms with E-state index in [2.05, 4.69) is 0 Å². The normalized spacial score (nSPS) is 20.2. The average Bonchev–Trinajstić information content (AvgIpc) is 2.87. The predicted octanol–water partition coefficient (Wildman–Crippen LogP) is 1.05. The Morgan fingerprint density at radius 2 is 2.20 bits per heavy atom. The topological polar surface area (TPSA) is 101 Å². The average molecular weight is 300 g/mol. The first-order valence-electron chi connectivity index (χ1n) is 6.26. The summed E-state index contributed by atoms with van der Waals surface area (Å²) >= 11 is 0. The number of hydrogen-bond donors (Lipinski definition) is 1. The summed E-state index contributed by atoms with van der Waals surface area (Å²) in [6.07, 6.45) is 1.28.